The zero-order valence-corrected chi connectivity index (χ0v) is 15.4. The van der Waals surface area contributed by atoms with Crippen molar-refractivity contribution in [2.24, 2.45) is 0 Å². The third-order valence-electron chi connectivity index (χ3n) is 5.03. The van der Waals surface area contributed by atoms with Crippen molar-refractivity contribution < 1.29 is 0 Å². The smallest absolute Gasteiger partial charge is 0.102 e. The number of hydrogen-bond acceptors (Lipinski definition) is 3. The molecule has 5 heteroatoms. The average Bonchev–Trinajstić information content (AvgIpc) is 3.00. The monoisotopic (exact) mass is 364 g/mol. The van der Waals surface area contributed by atoms with Crippen LogP contribution in [-0.4, -0.2) is 40.4 Å². The quantitative estimate of drug-likeness (QED) is 0.706. The molecule has 132 valence electrons. The van der Waals surface area contributed by atoms with Crippen molar-refractivity contribution >= 4 is 17.1 Å². The van der Waals surface area contributed by atoms with Gasteiger partial charge in [0.15, 0.2) is 0 Å². The Labute approximate surface area is 158 Å². The fraction of sp³-hybridized carbons (Fsp3) is 0.286. The summed E-state index contributed by atoms with van der Waals surface area (Å²) in [6.45, 7) is 5.85. The summed E-state index contributed by atoms with van der Waals surface area (Å²) in [4.78, 5) is 4.90. The van der Waals surface area contributed by atoms with E-state index < -0.39 is 0 Å². The molecule has 0 N–H and O–H groups in total. The van der Waals surface area contributed by atoms with Gasteiger partial charge in [-0.3, -0.25) is 9.80 Å². The number of hydrogen-bond donors (Lipinski definition) is 0. The maximum Gasteiger partial charge on any atom is 0.102 e. The van der Waals surface area contributed by atoms with Crippen LogP contribution in [-0.2, 0) is 13.1 Å². The zero-order chi connectivity index (χ0) is 17.9. The van der Waals surface area contributed by atoms with Crippen LogP contribution >= 0.6 is 11.6 Å². The standard InChI is InChI=1S/C21H21ClN4/c22-19-5-3-4-17(12-19)14-24-8-10-25(11-9-24)15-18-16-26-7-2-1-6-21(26)20(18)13-23/h1-7,12,16H,8-11,14-15H2. The molecule has 1 aromatic carbocycles. The topological polar surface area (TPSA) is 34.7 Å². The van der Waals surface area contributed by atoms with E-state index in [9.17, 15) is 5.26 Å². The molecule has 1 aliphatic heterocycles. The van der Waals surface area contributed by atoms with Crippen LogP contribution in [0.25, 0.3) is 5.52 Å². The molecule has 4 nitrogen and oxygen atoms in total. The van der Waals surface area contributed by atoms with Gasteiger partial charge in [-0.2, -0.15) is 5.26 Å². The second-order valence-electron chi connectivity index (χ2n) is 6.82. The zero-order valence-electron chi connectivity index (χ0n) is 14.6. The molecule has 26 heavy (non-hydrogen) atoms. The molecule has 0 radical (unpaired) electrons. The lowest BCUT2D eigenvalue weighted by Crippen LogP contribution is -2.45. The van der Waals surface area contributed by atoms with E-state index >= 15 is 0 Å². The summed E-state index contributed by atoms with van der Waals surface area (Å²) in [6, 6.07) is 16.5. The van der Waals surface area contributed by atoms with Gasteiger partial charge in [-0.05, 0) is 29.8 Å². The Morgan fingerprint density at radius 2 is 1.73 bits per heavy atom. The van der Waals surface area contributed by atoms with E-state index in [4.69, 9.17) is 11.6 Å². The molecular formula is C21H21ClN4. The molecule has 1 aliphatic rings. The maximum absolute atomic E-state index is 9.56. The highest BCUT2D eigenvalue weighted by Gasteiger charge is 2.19. The van der Waals surface area contributed by atoms with Crippen molar-refractivity contribution in [2.45, 2.75) is 13.1 Å². The Bertz CT molecular complexity index is 948. The first-order valence-corrected chi connectivity index (χ1v) is 9.28. The van der Waals surface area contributed by atoms with Gasteiger partial charge in [-0.15, -0.1) is 0 Å². The molecule has 1 fully saturated rings. The second kappa shape index (κ2) is 7.51. The van der Waals surface area contributed by atoms with Gasteiger partial charge in [0, 0.05) is 62.2 Å². The van der Waals surface area contributed by atoms with Gasteiger partial charge in [0.1, 0.15) is 6.07 Å². The van der Waals surface area contributed by atoms with Crippen LogP contribution in [0.2, 0.25) is 5.02 Å². The first kappa shape index (κ1) is 17.1. The lowest BCUT2D eigenvalue weighted by atomic mass is 10.1. The predicted octanol–water partition coefficient (Wildman–Crippen LogP) is 3.78. The molecule has 0 spiro atoms. The number of fused-ring (bicyclic) bond motifs is 1. The van der Waals surface area contributed by atoms with Gasteiger partial charge in [0.05, 0.1) is 11.1 Å². The van der Waals surface area contributed by atoms with Crippen LogP contribution in [0.15, 0.2) is 54.9 Å². The number of aromatic nitrogens is 1. The van der Waals surface area contributed by atoms with E-state index in [2.05, 4.69) is 28.1 Å². The molecule has 4 rings (SSSR count). The van der Waals surface area contributed by atoms with Gasteiger partial charge in [-0.1, -0.05) is 29.8 Å². The van der Waals surface area contributed by atoms with Crippen molar-refractivity contribution in [2.75, 3.05) is 26.2 Å². The van der Waals surface area contributed by atoms with E-state index in [0.29, 0.717) is 0 Å². The average molecular weight is 365 g/mol. The number of nitriles is 1. The highest BCUT2D eigenvalue weighted by Crippen LogP contribution is 2.20. The third-order valence-corrected chi connectivity index (χ3v) is 5.26. The maximum atomic E-state index is 9.56. The highest BCUT2D eigenvalue weighted by atomic mass is 35.5. The molecule has 0 aliphatic carbocycles. The van der Waals surface area contributed by atoms with Crippen molar-refractivity contribution in [1.82, 2.24) is 14.2 Å². The van der Waals surface area contributed by atoms with Crippen LogP contribution in [0.4, 0.5) is 0 Å². The summed E-state index contributed by atoms with van der Waals surface area (Å²) in [5.41, 5.74) is 4.16. The third kappa shape index (κ3) is 3.61. The minimum atomic E-state index is 0.797. The highest BCUT2D eigenvalue weighted by molar-refractivity contribution is 6.30. The Morgan fingerprint density at radius 1 is 0.962 bits per heavy atom. The van der Waals surface area contributed by atoms with E-state index in [0.717, 1.165) is 60.9 Å². The molecule has 3 aromatic rings. The van der Waals surface area contributed by atoms with Crippen molar-refractivity contribution in [3.05, 3.63) is 76.6 Å². The summed E-state index contributed by atoms with van der Waals surface area (Å²) in [5, 5.41) is 10.4. The fourth-order valence-corrected chi connectivity index (χ4v) is 3.88. The lowest BCUT2D eigenvalue weighted by Gasteiger charge is -2.34. The molecule has 0 atom stereocenters. The molecule has 2 aromatic heterocycles. The molecule has 0 bridgehead atoms. The first-order valence-electron chi connectivity index (χ1n) is 8.91. The van der Waals surface area contributed by atoms with E-state index in [1.165, 1.54) is 5.56 Å². The van der Waals surface area contributed by atoms with Crippen molar-refractivity contribution in [1.29, 1.82) is 5.26 Å². The number of rotatable bonds is 4. The second-order valence-corrected chi connectivity index (χ2v) is 7.25. The largest absolute Gasteiger partial charge is 0.322 e. The summed E-state index contributed by atoms with van der Waals surface area (Å²) in [6.07, 6.45) is 4.09. The molecular weight excluding hydrogens is 344 g/mol. The summed E-state index contributed by atoms with van der Waals surface area (Å²) in [5.74, 6) is 0. The van der Waals surface area contributed by atoms with Crippen LogP contribution in [0.1, 0.15) is 16.7 Å². The van der Waals surface area contributed by atoms with Gasteiger partial charge in [0.2, 0.25) is 0 Å². The van der Waals surface area contributed by atoms with Gasteiger partial charge in [-0.25, -0.2) is 0 Å². The van der Waals surface area contributed by atoms with Crippen molar-refractivity contribution in [3.63, 3.8) is 0 Å². The van der Waals surface area contributed by atoms with Crippen LogP contribution in [0, 0.1) is 11.3 Å². The Hall–Kier alpha value is -2.32. The van der Waals surface area contributed by atoms with Gasteiger partial charge < -0.3 is 4.40 Å². The Kier molecular flexibility index (Phi) is 4.94. The molecule has 3 heterocycles. The molecule has 0 saturated carbocycles. The number of benzene rings is 1. The fourth-order valence-electron chi connectivity index (χ4n) is 3.67. The Morgan fingerprint density at radius 3 is 2.46 bits per heavy atom. The summed E-state index contributed by atoms with van der Waals surface area (Å²) in [7, 11) is 0. The molecule has 0 amide bonds. The first-order chi connectivity index (χ1) is 12.7. The summed E-state index contributed by atoms with van der Waals surface area (Å²) >= 11 is 6.08. The normalized spacial score (nSPS) is 16.0. The predicted molar refractivity (Wildman–Crippen MR) is 104 cm³/mol. The number of nitrogens with zero attached hydrogens (tertiary/aromatic N) is 4. The lowest BCUT2D eigenvalue weighted by molar-refractivity contribution is 0.122. The van der Waals surface area contributed by atoms with E-state index in [1.54, 1.807) is 0 Å². The van der Waals surface area contributed by atoms with Crippen LogP contribution in [0.3, 0.4) is 0 Å². The minimum Gasteiger partial charge on any atom is -0.322 e. The Balaban J connectivity index is 1.39. The number of halogens is 1. The SMILES string of the molecule is N#Cc1c(CN2CCN(Cc3cccc(Cl)c3)CC2)cn2ccccc12. The van der Waals surface area contributed by atoms with Crippen LogP contribution in [0.5, 0.6) is 0 Å². The summed E-state index contributed by atoms with van der Waals surface area (Å²) < 4.78 is 2.04. The van der Waals surface area contributed by atoms with Crippen molar-refractivity contribution in [3.8, 4) is 6.07 Å². The molecule has 0 unspecified atom stereocenters. The molecule has 1 saturated heterocycles. The number of piperazine rings is 1. The number of pyridine rings is 1. The van der Waals surface area contributed by atoms with Gasteiger partial charge >= 0.3 is 0 Å². The van der Waals surface area contributed by atoms with Crippen LogP contribution < -0.4 is 0 Å². The van der Waals surface area contributed by atoms with Gasteiger partial charge in [0.25, 0.3) is 0 Å². The van der Waals surface area contributed by atoms with E-state index in [1.807, 2.05) is 47.0 Å². The van der Waals surface area contributed by atoms with E-state index in [-0.39, 0.29) is 0 Å². The minimum absolute atomic E-state index is 0.797.